The standard InChI is InChI=1S/C11H9F4N3O2/c12-8-5(2-1-3-6(8)11(13,14)15)10-17-9(18-20-10)7(16)4-19/h1-3,7,19H,4,16H2. The van der Waals surface area contributed by atoms with Gasteiger partial charge in [-0.15, -0.1) is 0 Å². The number of benzene rings is 1. The molecule has 0 aliphatic carbocycles. The van der Waals surface area contributed by atoms with Gasteiger partial charge in [-0.1, -0.05) is 11.2 Å². The van der Waals surface area contributed by atoms with Crippen LogP contribution in [0.2, 0.25) is 0 Å². The molecule has 2 rings (SSSR count). The fourth-order valence-electron chi connectivity index (χ4n) is 1.49. The molecule has 0 saturated carbocycles. The molecule has 3 N–H and O–H groups in total. The van der Waals surface area contributed by atoms with Crippen LogP contribution in [0.15, 0.2) is 22.7 Å². The van der Waals surface area contributed by atoms with Crippen LogP contribution in [-0.4, -0.2) is 21.9 Å². The first-order valence-corrected chi connectivity index (χ1v) is 5.40. The molecule has 0 fully saturated rings. The molecule has 5 nitrogen and oxygen atoms in total. The monoisotopic (exact) mass is 291 g/mol. The molecule has 0 aliphatic rings. The van der Waals surface area contributed by atoms with E-state index in [2.05, 4.69) is 14.7 Å². The van der Waals surface area contributed by atoms with Gasteiger partial charge in [0.15, 0.2) is 5.82 Å². The summed E-state index contributed by atoms with van der Waals surface area (Å²) in [4.78, 5) is 3.67. The van der Waals surface area contributed by atoms with Gasteiger partial charge in [0.05, 0.1) is 23.8 Å². The number of hydrogen-bond donors (Lipinski definition) is 2. The minimum absolute atomic E-state index is 0.126. The Morgan fingerprint density at radius 2 is 2.05 bits per heavy atom. The third-order valence-electron chi connectivity index (χ3n) is 2.50. The Bertz CT molecular complexity index is 612. The van der Waals surface area contributed by atoms with Gasteiger partial charge in [-0.2, -0.15) is 18.2 Å². The summed E-state index contributed by atoms with van der Waals surface area (Å²) in [6.07, 6.45) is -4.83. The van der Waals surface area contributed by atoms with E-state index >= 15 is 0 Å². The largest absolute Gasteiger partial charge is 0.419 e. The van der Waals surface area contributed by atoms with E-state index in [1.807, 2.05) is 0 Å². The lowest BCUT2D eigenvalue weighted by Crippen LogP contribution is -2.15. The zero-order chi connectivity index (χ0) is 14.9. The van der Waals surface area contributed by atoms with Gasteiger partial charge in [0, 0.05) is 0 Å². The second-order valence-electron chi connectivity index (χ2n) is 3.91. The summed E-state index contributed by atoms with van der Waals surface area (Å²) in [7, 11) is 0. The van der Waals surface area contributed by atoms with E-state index in [4.69, 9.17) is 10.8 Å². The van der Waals surface area contributed by atoms with Gasteiger partial charge in [0.2, 0.25) is 0 Å². The molecule has 1 unspecified atom stereocenters. The minimum atomic E-state index is -4.83. The van der Waals surface area contributed by atoms with Crippen molar-refractivity contribution in [1.29, 1.82) is 0 Å². The molecular weight excluding hydrogens is 282 g/mol. The van der Waals surface area contributed by atoms with Crippen LogP contribution in [0.5, 0.6) is 0 Å². The zero-order valence-electron chi connectivity index (χ0n) is 9.86. The average Bonchev–Trinajstić information content (AvgIpc) is 2.86. The topological polar surface area (TPSA) is 85.2 Å². The van der Waals surface area contributed by atoms with E-state index in [1.54, 1.807) is 0 Å². The van der Waals surface area contributed by atoms with E-state index in [1.165, 1.54) is 0 Å². The van der Waals surface area contributed by atoms with Gasteiger partial charge in [-0.05, 0) is 12.1 Å². The van der Waals surface area contributed by atoms with Crippen molar-refractivity contribution < 1.29 is 27.2 Å². The molecule has 1 atom stereocenters. The molecule has 1 heterocycles. The summed E-state index contributed by atoms with van der Waals surface area (Å²) >= 11 is 0. The van der Waals surface area contributed by atoms with E-state index in [0.717, 1.165) is 12.1 Å². The number of aliphatic hydroxyl groups excluding tert-OH is 1. The first kappa shape index (κ1) is 14.4. The Hall–Kier alpha value is -2.00. The number of alkyl halides is 3. The smallest absolute Gasteiger partial charge is 0.394 e. The number of hydrogen-bond acceptors (Lipinski definition) is 5. The molecule has 0 bridgehead atoms. The molecule has 1 aromatic heterocycles. The van der Waals surface area contributed by atoms with Crippen LogP contribution in [0.1, 0.15) is 17.4 Å². The predicted molar refractivity (Wildman–Crippen MR) is 58.7 cm³/mol. The molecule has 0 aliphatic heterocycles. The Morgan fingerprint density at radius 3 is 2.65 bits per heavy atom. The number of nitrogens with zero attached hydrogens (tertiary/aromatic N) is 2. The van der Waals surface area contributed by atoms with Crippen LogP contribution in [0.25, 0.3) is 11.5 Å². The molecule has 0 radical (unpaired) electrons. The predicted octanol–water partition coefficient (Wildman–Crippen LogP) is 1.89. The van der Waals surface area contributed by atoms with E-state index < -0.39 is 41.7 Å². The van der Waals surface area contributed by atoms with Crippen molar-refractivity contribution in [2.45, 2.75) is 12.2 Å². The second kappa shape index (κ2) is 5.17. The van der Waals surface area contributed by atoms with Crippen molar-refractivity contribution >= 4 is 0 Å². The van der Waals surface area contributed by atoms with E-state index in [0.29, 0.717) is 6.07 Å². The lowest BCUT2D eigenvalue weighted by molar-refractivity contribution is -0.139. The highest BCUT2D eigenvalue weighted by atomic mass is 19.4. The van der Waals surface area contributed by atoms with Gasteiger partial charge < -0.3 is 15.4 Å². The third-order valence-corrected chi connectivity index (χ3v) is 2.50. The molecule has 108 valence electrons. The van der Waals surface area contributed by atoms with Gasteiger partial charge in [-0.25, -0.2) is 4.39 Å². The van der Waals surface area contributed by atoms with Crippen molar-refractivity contribution in [2.75, 3.05) is 6.61 Å². The third kappa shape index (κ3) is 2.63. The van der Waals surface area contributed by atoms with Crippen LogP contribution >= 0.6 is 0 Å². The van der Waals surface area contributed by atoms with Gasteiger partial charge in [0.1, 0.15) is 5.82 Å². The quantitative estimate of drug-likeness (QED) is 0.843. The van der Waals surface area contributed by atoms with E-state index in [9.17, 15) is 17.6 Å². The fraction of sp³-hybridized carbons (Fsp3) is 0.273. The normalized spacial score (nSPS) is 13.5. The highest BCUT2D eigenvalue weighted by Crippen LogP contribution is 2.35. The maximum Gasteiger partial charge on any atom is 0.419 e. The molecule has 0 saturated heterocycles. The summed E-state index contributed by atoms with van der Waals surface area (Å²) in [5.41, 5.74) is 3.50. The highest BCUT2D eigenvalue weighted by molar-refractivity contribution is 5.56. The molecule has 9 heteroatoms. The number of rotatable bonds is 3. The zero-order valence-corrected chi connectivity index (χ0v) is 9.86. The molecule has 0 amide bonds. The number of aromatic nitrogens is 2. The lowest BCUT2D eigenvalue weighted by atomic mass is 10.1. The van der Waals surface area contributed by atoms with Crippen LogP contribution in [0, 0.1) is 5.82 Å². The van der Waals surface area contributed by atoms with Gasteiger partial charge in [-0.3, -0.25) is 0 Å². The van der Waals surface area contributed by atoms with Crippen LogP contribution < -0.4 is 5.73 Å². The molecule has 2 aromatic rings. The SMILES string of the molecule is NC(CO)c1noc(-c2cccc(C(F)(F)F)c2F)n1. The lowest BCUT2D eigenvalue weighted by Gasteiger charge is -2.08. The summed E-state index contributed by atoms with van der Waals surface area (Å²) in [6, 6.07) is 1.75. The van der Waals surface area contributed by atoms with Gasteiger partial charge >= 0.3 is 6.18 Å². The molecular formula is C11H9F4N3O2. The highest BCUT2D eigenvalue weighted by Gasteiger charge is 2.35. The average molecular weight is 291 g/mol. The van der Waals surface area contributed by atoms with Crippen LogP contribution in [-0.2, 0) is 6.18 Å². The second-order valence-corrected chi connectivity index (χ2v) is 3.91. The first-order valence-electron chi connectivity index (χ1n) is 5.40. The number of halogens is 4. The summed E-state index contributed by atoms with van der Waals surface area (Å²) in [5.74, 6) is -2.07. The maximum absolute atomic E-state index is 13.8. The molecule has 20 heavy (non-hydrogen) atoms. The fourth-order valence-corrected chi connectivity index (χ4v) is 1.49. The van der Waals surface area contributed by atoms with Crippen molar-refractivity contribution in [3.63, 3.8) is 0 Å². The number of nitrogens with two attached hydrogens (primary N) is 1. The minimum Gasteiger partial charge on any atom is -0.394 e. The maximum atomic E-state index is 13.8. The van der Waals surface area contributed by atoms with E-state index in [-0.39, 0.29) is 5.82 Å². The Kier molecular flexibility index (Phi) is 3.73. The Balaban J connectivity index is 2.46. The van der Waals surface area contributed by atoms with Crippen molar-refractivity contribution in [3.8, 4) is 11.5 Å². The first-order chi connectivity index (χ1) is 9.34. The van der Waals surface area contributed by atoms with Crippen molar-refractivity contribution in [3.05, 3.63) is 35.4 Å². The van der Waals surface area contributed by atoms with Crippen molar-refractivity contribution in [1.82, 2.24) is 10.1 Å². The molecule has 0 spiro atoms. The Morgan fingerprint density at radius 1 is 1.35 bits per heavy atom. The summed E-state index contributed by atoms with van der Waals surface area (Å²) in [6.45, 7) is -0.482. The Labute approximate surface area is 110 Å². The molecule has 1 aromatic carbocycles. The van der Waals surface area contributed by atoms with Crippen molar-refractivity contribution in [2.24, 2.45) is 5.73 Å². The van der Waals surface area contributed by atoms with Crippen LogP contribution in [0.4, 0.5) is 17.6 Å². The summed E-state index contributed by atoms with van der Waals surface area (Å²) in [5, 5.41) is 12.2. The summed E-state index contributed by atoms with van der Waals surface area (Å²) < 4.78 is 56.2. The number of aliphatic hydroxyl groups is 1. The van der Waals surface area contributed by atoms with Gasteiger partial charge in [0.25, 0.3) is 5.89 Å². The van der Waals surface area contributed by atoms with Crippen LogP contribution in [0.3, 0.4) is 0 Å².